The molecule has 1 atom stereocenters. The van der Waals surface area contributed by atoms with Gasteiger partial charge in [0.2, 0.25) is 11.8 Å². The second kappa shape index (κ2) is 11.6. The van der Waals surface area contributed by atoms with Crippen LogP contribution in [0.2, 0.25) is 5.02 Å². The van der Waals surface area contributed by atoms with Crippen LogP contribution in [0.1, 0.15) is 44.4 Å². The lowest BCUT2D eigenvalue weighted by Crippen LogP contribution is -2.55. The van der Waals surface area contributed by atoms with Crippen LogP contribution < -0.4 is 9.62 Å². The number of nitrogens with one attached hydrogen (secondary N) is 1. The predicted molar refractivity (Wildman–Crippen MR) is 145 cm³/mol. The third kappa shape index (κ3) is 7.69. The van der Waals surface area contributed by atoms with Crippen molar-refractivity contribution in [3.8, 4) is 0 Å². The molecule has 0 spiro atoms. The maximum absolute atomic E-state index is 13.8. The Hall–Kier alpha value is -2.62. The second-order valence-corrected chi connectivity index (χ2v) is 12.7. The number of rotatable bonds is 9. The summed E-state index contributed by atoms with van der Waals surface area (Å²) in [7, 11) is -1.17. The SMILES string of the molecule is Cc1ccc(C)c(N(CC(=O)N(Cc2ccc(Cl)cc2)[C@H](C)C(=O)NC(C)(C)C)S(=O)(=O)N(C)C)c1. The lowest BCUT2D eigenvalue weighted by molar-refractivity contribution is -0.140. The summed E-state index contributed by atoms with van der Waals surface area (Å²) >= 11 is 6.02. The number of benzene rings is 2. The van der Waals surface area contributed by atoms with E-state index < -0.39 is 34.2 Å². The van der Waals surface area contributed by atoms with Crippen molar-refractivity contribution >= 4 is 39.3 Å². The van der Waals surface area contributed by atoms with Crippen molar-refractivity contribution in [1.29, 1.82) is 0 Å². The normalized spacial score (nSPS) is 12.8. The molecule has 0 heterocycles. The van der Waals surface area contributed by atoms with Gasteiger partial charge in [-0.15, -0.1) is 0 Å². The highest BCUT2D eigenvalue weighted by Crippen LogP contribution is 2.26. The molecule has 0 saturated heterocycles. The molecule has 0 unspecified atom stereocenters. The number of hydrogen-bond acceptors (Lipinski definition) is 4. The fraction of sp³-hybridized carbons (Fsp3) is 0.462. The maximum atomic E-state index is 13.8. The number of hydrogen-bond donors (Lipinski definition) is 1. The van der Waals surface area contributed by atoms with Gasteiger partial charge >= 0.3 is 10.2 Å². The molecular formula is C26H37ClN4O4S. The number of nitrogens with zero attached hydrogens (tertiary/aromatic N) is 3. The molecule has 2 amide bonds. The van der Waals surface area contributed by atoms with Crippen molar-refractivity contribution < 1.29 is 18.0 Å². The molecular weight excluding hydrogens is 500 g/mol. The van der Waals surface area contributed by atoms with Crippen LogP contribution in [0.4, 0.5) is 5.69 Å². The molecule has 0 bridgehead atoms. The van der Waals surface area contributed by atoms with E-state index in [2.05, 4.69) is 5.32 Å². The van der Waals surface area contributed by atoms with E-state index >= 15 is 0 Å². The van der Waals surface area contributed by atoms with Crippen molar-refractivity contribution in [2.45, 2.75) is 59.7 Å². The molecule has 0 aromatic heterocycles. The molecule has 2 aromatic carbocycles. The first kappa shape index (κ1) is 29.6. The fourth-order valence-corrected chi connectivity index (χ4v) is 4.77. The van der Waals surface area contributed by atoms with Gasteiger partial charge < -0.3 is 10.2 Å². The van der Waals surface area contributed by atoms with Crippen LogP contribution in [0.15, 0.2) is 42.5 Å². The number of carbonyl (C=O) groups excluding carboxylic acids is 2. The van der Waals surface area contributed by atoms with E-state index in [1.54, 1.807) is 44.2 Å². The summed E-state index contributed by atoms with van der Waals surface area (Å²) in [5, 5.41) is 3.45. The monoisotopic (exact) mass is 536 g/mol. The van der Waals surface area contributed by atoms with E-state index in [9.17, 15) is 18.0 Å². The zero-order valence-corrected chi connectivity index (χ0v) is 23.9. The molecule has 0 fully saturated rings. The first-order valence-electron chi connectivity index (χ1n) is 11.7. The molecule has 2 aromatic rings. The van der Waals surface area contributed by atoms with Gasteiger partial charge in [-0.3, -0.25) is 9.59 Å². The molecule has 0 aliphatic rings. The number of carbonyl (C=O) groups is 2. The third-order valence-electron chi connectivity index (χ3n) is 5.58. The van der Waals surface area contributed by atoms with E-state index in [1.807, 2.05) is 39.8 Å². The highest BCUT2D eigenvalue weighted by atomic mass is 35.5. The molecule has 0 aliphatic carbocycles. The highest BCUT2D eigenvalue weighted by Gasteiger charge is 2.34. The third-order valence-corrected chi connectivity index (χ3v) is 7.64. The molecule has 0 radical (unpaired) electrons. The van der Waals surface area contributed by atoms with Crippen LogP contribution in [-0.4, -0.2) is 61.7 Å². The largest absolute Gasteiger partial charge is 0.350 e. The zero-order chi connectivity index (χ0) is 27.4. The van der Waals surface area contributed by atoms with Crippen LogP contribution in [0.25, 0.3) is 0 Å². The van der Waals surface area contributed by atoms with E-state index in [0.29, 0.717) is 16.3 Å². The minimum absolute atomic E-state index is 0.109. The fourth-order valence-electron chi connectivity index (χ4n) is 3.53. The first-order chi connectivity index (χ1) is 16.5. The Labute approximate surface area is 220 Å². The first-order valence-corrected chi connectivity index (χ1v) is 13.4. The summed E-state index contributed by atoms with van der Waals surface area (Å²) in [5.41, 5.74) is 2.24. The minimum Gasteiger partial charge on any atom is -0.350 e. The van der Waals surface area contributed by atoms with Gasteiger partial charge in [-0.2, -0.15) is 12.7 Å². The van der Waals surface area contributed by atoms with E-state index in [-0.39, 0.29) is 12.5 Å². The van der Waals surface area contributed by atoms with Gasteiger partial charge in [0.15, 0.2) is 0 Å². The Morgan fingerprint density at radius 2 is 1.61 bits per heavy atom. The van der Waals surface area contributed by atoms with Crippen LogP contribution >= 0.6 is 11.6 Å². The summed E-state index contributed by atoms with van der Waals surface area (Å²) in [4.78, 5) is 28.2. The Morgan fingerprint density at radius 3 is 2.14 bits per heavy atom. The van der Waals surface area contributed by atoms with Gasteiger partial charge in [0.25, 0.3) is 0 Å². The summed E-state index contributed by atoms with van der Waals surface area (Å²) in [6.07, 6.45) is 0. The smallest absolute Gasteiger partial charge is 0.304 e. The predicted octanol–water partition coefficient (Wildman–Crippen LogP) is 3.90. The molecule has 0 aliphatic heterocycles. The summed E-state index contributed by atoms with van der Waals surface area (Å²) in [5.74, 6) is -0.841. The van der Waals surface area contributed by atoms with Crippen LogP contribution in [-0.2, 0) is 26.3 Å². The van der Waals surface area contributed by atoms with Crippen molar-refractivity contribution in [3.63, 3.8) is 0 Å². The molecule has 8 nitrogen and oxygen atoms in total. The quantitative estimate of drug-likeness (QED) is 0.526. The van der Waals surface area contributed by atoms with Gasteiger partial charge in [-0.05, 0) is 76.4 Å². The average molecular weight is 537 g/mol. The Balaban J connectivity index is 2.51. The van der Waals surface area contributed by atoms with Gasteiger partial charge in [-0.25, -0.2) is 4.31 Å². The van der Waals surface area contributed by atoms with E-state index in [4.69, 9.17) is 11.6 Å². The highest BCUT2D eigenvalue weighted by molar-refractivity contribution is 7.90. The number of halogens is 1. The molecule has 10 heteroatoms. The molecule has 2 rings (SSSR count). The molecule has 198 valence electrons. The average Bonchev–Trinajstić information content (AvgIpc) is 2.76. The standard InChI is InChI=1S/C26H37ClN4O4S/c1-18-9-10-19(2)23(15-18)31(36(34,35)29(7)8)17-24(32)30(16-21-11-13-22(27)14-12-21)20(3)25(33)28-26(4,5)6/h9-15,20H,16-17H2,1-8H3,(H,28,33)/t20-/m1/s1. The van der Waals surface area contributed by atoms with Crippen molar-refractivity contribution in [3.05, 3.63) is 64.2 Å². The molecule has 1 N–H and O–H groups in total. The number of aryl methyl sites for hydroxylation is 2. The van der Waals surface area contributed by atoms with E-state index in [1.165, 1.54) is 19.0 Å². The topological polar surface area (TPSA) is 90.0 Å². The van der Waals surface area contributed by atoms with Crippen LogP contribution in [0, 0.1) is 13.8 Å². The lowest BCUT2D eigenvalue weighted by Gasteiger charge is -2.34. The zero-order valence-electron chi connectivity index (χ0n) is 22.3. The van der Waals surface area contributed by atoms with E-state index in [0.717, 1.165) is 19.7 Å². The summed E-state index contributed by atoms with van der Waals surface area (Å²) in [6.45, 7) is 10.5. The summed E-state index contributed by atoms with van der Waals surface area (Å²) in [6, 6.07) is 11.5. The van der Waals surface area contributed by atoms with Crippen LogP contribution in [0.3, 0.4) is 0 Å². The second-order valence-electron chi connectivity index (χ2n) is 10.2. The lowest BCUT2D eigenvalue weighted by atomic mass is 10.1. The minimum atomic E-state index is -4.01. The van der Waals surface area contributed by atoms with Crippen molar-refractivity contribution in [2.24, 2.45) is 0 Å². The van der Waals surface area contributed by atoms with Crippen LogP contribution in [0.5, 0.6) is 0 Å². The number of anilines is 1. The van der Waals surface area contributed by atoms with Crippen molar-refractivity contribution in [1.82, 2.24) is 14.5 Å². The number of amides is 2. The Kier molecular flexibility index (Phi) is 9.56. The Morgan fingerprint density at radius 1 is 1.03 bits per heavy atom. The summed E-state index contributed by atoms with van der Waals surface area (Å²) < 4.78 is 28.8. The Bertz CT molecular complexity index is 1190. The van der Waals surface area contributed by atoms with Gasteiger partial charge in [0.1, 0.15) is 12.6 Å². The van der Waals surface area contributed by atoms with Gasteiger partial charge in [0.05, 0.1) is 5.69 Å². The molecule has 36 heavy (non-hydrogen) atoms. The van der Waals surface area contributed by atoms with Gasteiger partial charge in [0, 0.05) is 31.2 Å². The van der Waals surface area contributed by atoms with Gasteiger partial charge in [-0.1, -0.05) is 35.9 Å². The van der Waals surface area contributed by atoms with Crippen molar-refractivity contribution in [2.75, 3.05) is 24.9 Å². The maximum Gasteiger partial charge on any atom is 0.304 e. The molecule has 0 saturated carbocycles.